The molecule has 0 heterocycles. The first-order valence-corrected chi connectivity index (χ1v) is 5.78. The van der Waals surface area contributed by atoms with E-state index in [-0.39, 0.29) is 38.2 Å². The fourth-order valence-corrected chi connectivity index (χ4v) is 1.66. The Balaban J connectivity index is 0.00000324. The second-order valence-corrected chi connectivity index (χ2v) is 4.12. The van der Waals surface area contributed by atoms with Gasteiger partial charge in [0.05, 0.1) is 11.1 Å². The average molecular weight is 323 g/mol. The minimum atomic E-state index is -1.59. The number of carboxylic acid groups (broad SMARTS) is 1. The zero-order valence-corrected chi connectivity index (χ0v) is 11.8. The van der Waals surface area contributed by atoms with Crippen molar-refractivity contribution in [2.45, 2.75) is 6.42 Å². The standard InChI is InChI=1S/C12H10BrFO4.Li/c13-9-3-1-2-8(11(9)14)5-7-18-10(4-6-15)12(16)17;/h1-4,6H,5,7H2,(H,16,17);/q;+1/p-1/b10-4-;. The van der Waals surface area contributed by atoms with Gasteiger partial charge in [0.1, 0.15) is 23.8 Å². The predicted octanol–water partition coefficient (Wildman–Crippen LogP) is -2.02. The Hall–Kier alpha value is -1.09. The van der Waals surface area contributed by atoms with Crippen LogP contribution in [0.25, 0.3) is 0 Å². The quantitative estimate of drug-likeness (QED) is 0.262. The van der Waals surface area contributed by atoms with E-state index in [0.717, 1.165) is 6.08 Å². The van der Waals surface area contributed by atoms with Crippen LogP contribution in [0.2, 0.25) is 0 Å². The minimum Gasteiger partial charge on any atom is -0.542 e. The summed E-state index contributed by atoms with van der Waals surface area (Å²) in [7, 11) is 0. The molecule has 0 aromatic heterocycles. The maximum absolute atomic E-state index is 13.5. The molecule has 0 amide bonds. The van der Waals surface area contributed by atoms with Gasteiger partial charge in [-0.1, -0.05) is 12.1 Å². The number of hydrogen-bond acceptors (Lipinski definition) is 4. The van der Waals surface area contributed by atoms with Crippen molar-refractivity contribution in [1.82, 2.24) is 0 Å². The molecule has 7 heteroatoms. The van der Waals surface area contributed by atoms with Crippen molar-refractivity contribution in [3.63, 3.8) is 0 Å². The molecule has 0 aliphatic rings. The normalized spacial score (nSPS) is 10.5. The van der Waals surface area contributed by atoms with Crippen molar-refractivity contribution in [3.8, 4) is 0 Å². The number of aliphatic carboxylic acids is 1. The first kappa shape index (κ1) is 17.9. The Bertz CT molecular complexity index is 491. The summed E-state index contributed by atoms with van der Waals surface area (Å²) in [4.78, 5) is 20.6. The molecular formula is C12H9BrFLiO4. The zero-order valence-electron chi connectivity index (χ0n) is 10.2. The van der Waals surface area contributed by atoms with Crippen LogP contribution in [0.4, 0.5) is 4.39 Å². The molecule has 0 fully saturated rings. The summed E-state index contributed by atoms with van der Waals surface area (Å²) in [5.41, 5.74) is 0.383. The Morgan fingerprint density at radius 1 is 1.47 bits per heavy atom. The van der Waals surface area contributed by atoms with Gasteiger partial charge in [-0.25, -0.2) is 4.39 Å². The van der Waals surface area contributed by atoms with Crippen molar-refractivity contribution in [2.75, 3.05) is 6.61 Å². The zero-order chi connectivity index (χ0) is 13.5. The summed E-state index contributed by atoms with van der Waals surface area (Å²) < 4.78 is 18.7. The van der Waals surface area contributed by atoms with Gasteiger partial charge in [-0.3, -0.25) is 4.79 Å². The SMILES string of the molecule is O=C/C=C(\OCCc1cccc(Br)c1F)C(=O)[O-].[Li+]. The van der Waals surface area contributed by atoms with Crippen LogP contribution in [0.3, 0.4) is 0 Å². The molecule has 0 aliphatic carbocycles. The molecule has 1 aromatic rings. The summed E-state index contributed by atoms with van der Waals surface area (Å²) in [5.74, 6) is -2.58. The minimum absolute atomic E-state index is 0. The molecule has 0 saturated carbocycles. The number of halogens is 2. The fourth-order valence-electron chi connectivity index (χ4n) is 1.25. The van der Waals surface area contributed by atoms with Gasteiger partial charge in [-0.2, -0.15) is 0 Å². The summed E-state index contributed by atoms with van der Waals surface area (Å²) in [6.07, 6.45) is 1.20. The molecule has 0 aliphatic heterocycles. The number of carbonyl (C=O) groups is 2. The van der Waals surface area contributed by atoms with E-state index in [1.54, 1.807) is 18.2 Å². The van der Waals surface area contributed by atoms with E-state index in [0.29, 0.717) is 10.0 Å². The van der Waals surface area contributed by atoms with Gasteiger partial charge in [0.15, 0.2) is 0 Å². The van der Waals surface area contributed by atoms with Crippen LogP contribution in [0, 0.1) is 5.82 Å². The van der Waals surface area contributed by atoms with Gasteiger partial charge in [0.25, 0.3) is 0 Å². The number of aldehydes is 1. The number of ether oxygens (including phenoxy) is 1. The predicted molar refractivity (Wildman–Crippen MR) is 62.9 cm³/mol. The van der Waals surface area contributed by atoms with Crippen molar-refractivity contribution in [3.05, 3.63) is 45.9 Å². The van der Waals surface area contributed by atoms with Crippen molar-refractivity contribution in [1.29, 1.82) is 0 Å². The van der Waals surface area contributed by atoms with Gasteiger partial charge in [-0.05, 0) is 27.6 Å². The van der Waals surface area contributed by atoms with Crippen LogP contribution in [-0.4, -0.2) is 18.9 Å². The average Bonchev–Trinajstić information content (AvgIpc) is 2.33. The molecule has 4 nitrogen and oxygen atoms in total. The van der Waals surface area contributed by atoms with E-state index in [9.17, 15) is 19.1 Å². The molecule has 0 saturated heterocycles. The fraction of sp³-hybridized carbons (Fsp3) is 0.167. The van der Waals surface area contributed by atoms with Crippen molar-refractivity contribution >= 4 is 28.2 Å². The smallest absolute Gasteiger partial charge is 0.542 e. The summed E-state index contributed by atoms with van der Waals surface area (Å²) in [6.45, 7) is -0.0684. The Labute approximate surface area is 129 Å². The second kappa shape index (κ2) is 8.91. The molecule has 0 N–H and O–H groups in total. The van der Waals surface area contributed by atoms with E-state index < -0.39 is 17.5 Å². The first-order chi connectivity index (χ1) is 8.56. The number of carboxylic acids is 1. The molecule has 0 unspecified atom stereocenters. The van der Waals surface area contributed by atoms with E-state index >= 15 is 0 Å². The van der Waals surface area contributed by atoms with Gasteiger partial charge in [0.2, 0.25) is 0 Å². The molecule has 96 valence electrons. The maximum Gasteiger partial charge on any atom is 1.00 e. The third kappa shape index (κ3) is 5.60. The molecule has 0 spiro atoms. The van der Waals surface area contributed by atoms with Crippen LogP contribution >= 0.6 is 15.9 Å². The molecule has 0 atom stereocenters. The molecule has 19 heavy (non-hydrogen) atoms. The van der Waals surface area contributed by atoms with E-state index in [1.807, 2.05) is 0 Å². The number of rotatable bonds is 6. The van der Waals surface area contributed by atoms with E-state index in [4.69, 9.17) is 4.74 Å². The largest absolute Gasteiger partial charge is 1.00 e. The molecule has 1 rings (SSSR count). The summed E-state index contributed by atoms with van der Waals surface area (Å²) in [6, 6.07) is 4.77. The van der Waals surface area contributed by atoms with Crippen molar-refractivity contribution in [2.24, 2.45) is 0 Å². The third-order valence-electron chi connectivity index (χ3n) is 2.08. The first-order valence-electron chi connectivity index (χ1n) is 4.98. The molecule has 0 bridgehead atoms. The monoisotopic (exact) mass is 322 g/mol. The van der Waals surface area contributed by atoms with Crippen LogP contribution in [0.15, 0.2) is 34.5 Å². The van der Waals surface area contributed by atoms with Crippen molar-refractivity contribution < 1.29 is 42.7 Å². The maximum atomic E-state index is 13.5. The molecule has 1 aromatic carbocycles. The Kier molecular flexibility index (Phi) is 8.40. The number of benzene rings is 1. The Morgan fingerprint density at radius 3 is 2.74 bits per heavy atom. The van der Waals surface area contributed by atoms with Gasteiger partial charge < -0.3 is 14.6 Å². The van der Waals surface area contributed by atoms with E-state index in [1.165, 1.54) is 0 Å². The van der Waals surface area contributed by atoms with Crippen LogP contribution in [0.5, 0.6) is 0 Å². The van der Waals surface area contributed by atoms with E-state index in [2.05, 4.69) is 15.9 Å². The third-order valence-corrected chi connectivity index (χ3v) is 2.69. The Morgan fingerprint density at radius 2 is 2.16 bits per heavy atom. The number of allylic oxidation sites excluding steroid dienone is 1. The van der Waals surface area contributed by atoms with Gasteiger partial charge in [-0.15, -0.1) is 0 Å². The van der Waals surface area contributed by atoms with Crippen LogP contribution in [-0.2, 0) is 20.7 Å². The second-order valence-electron chi connectivity index (χ2n) is 3.27. The number of carbonyl (C=O) groups excluding carboxylic acids is 2. The number of hydrogen-bond donors (Lipinski definition) is 0. The van der Waals surface area contributed by atoms with Crippen LogP contribution in [0.1, 0.15) is 5.56 Å². The topological polar surface area (TPSA) is 66.4 Å². The van der Waals surface area contributed by atoms with Crippen LogP contribution < -0.4 is 24.0 Å². The molecule has 0 radical (unpaired) electrons. The van der Waals surface area contributed by atoms with Gasteiger partial charge in [0, 0.05) is 12.5 Å². The molecular weight excluding hydrogens is 314 g/mol. The summed E-state index contributed by atoms with van der Waals surface area (Å²) >= 11 is 3.04. The summed E-state index contributed by atoms with van der Waals surface area (Å²) in [5, 5.41) is 10.5. The van der Waals surface area contributed by atoms with Gasteiger partial charge >= 0.3 is 18.9 Å².